The molecule has 0 aliphatic rings. The van der Waals surface area contributed by atoms with Gasteiger partial charge in [0.1, 0.15) is 0 Å². The minimum atomic E-state index is -0.693. The van der Waals surface area contributed by atoms with E-state index in [-0.39, 0.29) is 0 Å². The van der Waals surface area contributed by atoms with Crippen LogP contribution in [-0.4, -0.2) is 36.1 Å². The summed E-state index contributed by atoms with van der Waals surface area (Å²) in [5.74, 6) is -0.693. The maximum absolute atomic E-state index is 9.76. The van der Waals surface area contributed by atoms with E-state index in [2.05, 4.69) is 25.8 Å². The first-order valence-corrected chi connectivity index (χ1v) is 4.98. The highest BCUT2D eigenvalue weighted by atomic mass is 16.4. The van der Waals surface area contributed by atoms with Gasteiger partial charge in [0.2, 0.25) is 0 Å². The van der Waals surface area contributed by atoms with Crippen LogP contribution in [0, 0.1) is 0 Å². The van der Waals surface area contributed by atoms with Gasteiger partial charge in [-0.1, -0.05) is 27.2 Å². The molecule has 0 fully saturated rings. The van der Waals surface area contributed by atoms with Crippen LogP contribution in [0.2, 0.25) is 0 Å². The second-order valence-electron chi connectivity index (χ2n) is 2.99. The Labute approximate surface area is 81.7 Å². The molecule has 3 nitrogen and oxygen atoms in total. The molecule has 0 aromatic carbocycles. The second kappa shape index (κ2) is 11.4. The first-order valence-electron chi connectivity index (χ1n) is 4.98. The third-order valence-electron chi connectivity index (χ3n) is 1.82. The first kappa shape index (κ1) is 14.9. The molecule has 0 saturated heterocycles. The van der Waals surface area contributed by atoms with Crippen LogP contribution in [-0.2, 0) is 4.79 Å². The van der Waals surface area contributed by atoms with Crippen molar-refractivity contribution in [2.45, 2.75) is 40.0 Å². The quantitative estimate of drug-likeness (QED) is 0.721. The van der Waals surface area contributed by atoms with E-state index in [1.54, 1.807) is 0 Å². The number of unbranched alkanes of at least 4 members (excludes halogenated alkanes) is 1. The Kier molecular flexibility index (Phi) is 13.1. The van der Waals surface area contributed by atoms with Crippen molar-refractivity contribution in [2.24, 2.45) is 0 Å². The summed E-state index contributed by atoms with van der Waals surface area (Å²) >= 11 is 0. The zero-order valence-electron chi connectivity index (χ0n) is 9.34. The average Bonchev–Trinajstić information content (AvgIpc) is 2.14. The summed E-state index contributed by atoms with van der Waals surface area (Å²) in [4.78, 5) is 12.0. The summed E-state index contributed by atoms with van der Waals surface area (Å²) < 4.78 is 0. The highest BCUT2D eigenvalue weighted by molar-refractivity contribution is 5.66. The maximum Gasteiger partial charge on any atom is 0.303 e. The van der Waals surface area contributed by atoms with Crippen LogP contribution in [0.1, 0.15) is 40.0 Å². The lowest BCUT2D eigenvalue weighted by atomic mass is 10.3. The second-order valence-corrected chi connectivity index (χ2v) is 2.99. The molecule has 1 N–H and O–H groups in total. The predicted molar refractivity (Wildman–Crippen MR) is 56.0 cm³/mol. The van der Waals surface area contributed by atoms with Crippen LogP contribution in [0.5, 0.6) is 0 Å². The molecule has 80 valence electrons. The third-order valence-corrected chi connectivity index (χ3v) is 1.82. The Hall–Kier alpha value is -0.570. The van der Waals surface area contributed by atoms with E-state index >= 15 is 0 Å². The average molecular weight is 189 g/mol. The molecule has 0 radical (unpaired) electrons. The van der Waals surface area contributed by atoms with Crippen molar-refractivity contribution in [1.29, 1.82) is 0 Å². The van der Waals surface area contributed by atoms with Gasteiger partial charge < -0.3 is 10.0 Å². The summed E-state index contributed by atoms with van der Waals surface area (Å²) in [6.45, 7) is 8.61. The highest BCUT2D eigenvalue weighted by Gasteiger charge is 1.90. The molecular weight excluding hydrogens is 166 g/mol. The Bertz CT molecular complexity index is 111. The van der Waals surface area contributed by atoms with Crippen LogP contribution in [0.4, 0.5) is 0 Å². The van der Waals surface area contributed by atoms with E-state index in [0.717, 1.165) is 25.9 Å². The van der Waals surface area contributed by atoms with Gasteiger partial charge in [0.05, 0.1) is 0 Å². The third kappa shape index (κ3) is 18.4. The molecule has 0 aliphatic heterocycles. The normalized spacial score (nSPS) is 9.31. The van der Waals surface area contributed by atoms with Crippen molar-refractivity contribution >= 4 is 5.97 Å². The van der Waals surface area contributed by atoms with Crippen LogP contribution in [0.15, 0.2) is 0 Å². The Morgan fingerprint density at radius 1 is 1.23 bits per heavy atom. The Morgan fingerprint density at radius 3 is 1.77 bits per heavy atom. The molecule has 0 unspecified atom stereocenters. The van der Waals surface area contributed by atoms with E-state index < -0.39 is 5.97 Å². The number of aliphatic carboxylic acids is 1. The standard InChI is InChI=1S/C5H13N.C5H10O2/c1-4-6(3)5-2;1-2-3-4-5(6)7/h4-5H2,1-3H3;2-4H2,1H3,(H,6,7). The summed E-state index contributed by atoms with van der Waals surface area (Å²) in [7, 11) is 2.11. The summed E-state index contributed by atoms with van der Waals surface area (Å²) in [5, 5.41) is 8.04. The number of hydrogen-bond acceptors (Lipinski definition) is 2. The van der Waals surface area contributed by atoms with Crippen LogP contribution in [0.25, 0.3) is 0 Å². The summed E-state index contributed by atoms with van der Waals surface area (Å²) in [6.07, 6.45) is 2.08. The molecule has 0 bridgehead atoms. The zero-order valence-corrected chi connectivity index (χ0v) is 9.34. The molecule has 0 spiro atoms. The molecule has 0 heterocycles. The van der Waals surface area contributed by atoms with E-state index in [1.165, 1.54) is 0 Å². The SMILES string of the molecule is CCCCC(=O)O.CCN(C)CC. The summed E-state index contributed by atoms with van der Waals surface area (Å²) in [5.41, 5.74) is 0. The van der Waals surface area contributed by atoms with Crippen LogP contribution >= 0.6 is 0 Å². The molecule has 0 aliphatic carbocycles. The van der Waals surface area contributed by atoms with Crippen molar-refractivity contribution in [3.8, 4) is 0 Å². The molecule has 0 amide bonds. The highest BCUT2D eigenvalue weighted by Crippen LogP contribution is 1.91. The molecule has 0 atom stereocenters. The number of carboxylic acid groups (broad SMARTS) is 1. The van der Waals surface area contributed by atoms with Gasteiger partial charge in [-0.15, -0.1) is 0 Å². The van der Waals surface area contributed by atoms with Crippen molar-refractivity contribution in [3.63, 3.8) is 0 Å². The van der Waals surface area contributed by atoms with Gasteiger partial charge >= 0.3 is 5.97 Å². The lowest BCUT2D eigenvalue weighted by Gasteiger charge is -2.07. The number of nitrogens with zero attached hydrogens (tertiary/aromatic N) is 1. The van der Waals surface area contributed by atoms with Gasteiger partial charge in [-0.2, -0.15) is 0 Å². The molecule has 3 heteroatoms. The minimum Gasteiger partial charge on any atom is -0.481 e. The van der Waals surface area contributed by atoms with Crippen molar-refractivity contribution in [1.82, 2.24) is 4.90 Å². The molecule has 0 saturated carbocycles. The zero-order chi connectivity index (χ0) is 10.7. The van der Waals surface area contributed by atoms with E-state index in [9.17, 15) is 4.79 Å². The van der Waals surface area contributed by atoms with Gasteiger partial charge in [-0.05, 0) is 26.6 Å². The monoisotopic (exact) mass is 189 g/mol. The fourth-order valence-corrected chi connectivity index (χ4v) is 0.552. The molecule has 0 aromatic heterocycles. The molecular formula is C10H23NO2. The fraction of sp³-hybridized carbons (Fsp3) is 0.900. The largest absolute Gasteiger partial charge is 0.481 e. The number of carbonyl (C=O) groups is 1. The Morgan fingerprint density at radius 2 is 1.69 bits per heavy atom. The minimum absolute atomic E-state index is 0.316. The summed E-state index contributed by atoms with van der Waals surface area (Å²) in [6, 6.07) is 0. The van der Waals surface area contributed by atoms with Gasteiger partial charge in [-0.25, -0.2) is 0 Å². The van der Waals surface area contributed by atoms with Crippen LogP contribution in [0.3, 0.4) is 0 Å². The lowest BCUT2D eigenvalue weighted by molar-refractivity contribution is -0.137. The van der Waals surface area contributed by atoms with Gasteiger partial charge in [0, 0.05) is 6.42 Å². The van der Waals surface area contributed by atoms with Crippen molar-refractivity contribution in [2.75, 3.05) is 20.1 Å². The molecule has 0 rings (SSSR count). The first-order chi connectivity index (χ1) is 6.08. The maximum atomic E-state index is 9.76. The van der Waals surface area contributed by atoms with Crippen molar-refractivity contribution in [3.05, 3.63) is 0 Å². The smallest absolute Gasteiger partial charge is 0.303 e. The van der Waals surface area contributed by atoms with E-state index in [1.807, 2.05) is 6.92 Å². The van der Waals surface area contributed by atoms with Gasteiger partial charge in [0.15, 0.2) is 0 Å². The van der Waals surface area contributed by atoms with E-state index in [4.69, 9.17) is 5.11 Å². The van der Waals surface area contributed by atoms with E-state index in [0.29, 0.717) is 6.42 Å². The molecule has 0 aromatic rings. The Balaban J connectivity index is 0. The number of carboxylic acids is 1. The predicted octanol–water partition coefficient (Wildman–Crippen LogP) is 2.22. The number of rotatable bonds is 5. The molecule has 13 heavy (non-hydrogen) atoms. The lowest BCUT2D eigenvalue weighted by Crippen LogP contribution is -2.15. The van der Waals surface area contributed by atoms with Crippen LogP contribution < -0.4 is 0 Å². The number of hydrogen-bond donors (Lipinski definition) is 1. The van der Waals surface area contributed by atoms with Gasteiger partial charge in [0.25, 0.3) is 0 Å². The van der Waals surface area contributed by atoms with Gasteiger partial charge in [-0.3, -0.25) is 4.79 Å². The topological polar surface area (TPSA) is 40.5 Å². The van der Waals surface area contributed by atoms with Crippen molar-refractivity contribution < 1.29 is 9.90 Å². The fourth-order valence-electron chi connectivity index (χ4n) is 0.552.